The van der Waals surface area contributed by atoms with E-state index in [2.05, 4.69) is 0 Å². The second-order valence-electron chi connectivity index (χ2n) is 6.70. The minimum absolute atomic E-state index is 0.0764. The van der Waals surface area contributed by atoms with Gasteiger partial charge in [0, 0.05) is 19.7 Å². The molecule has 1 aliphatic carbocycles. The number of rotatable bonds is 8. The minimum Gasteiger partial charge on any atom is -0.490 e. The summed E-state index contributed by atoms with van der Waals surface area (Å²) in [4.78, 5) is 26.2. The normalized spacial score (nSPS) is 22.8. The van der Waals surface area contributed by atoms with Crippen LogP contribution in [0.25, 0.3) is 0 Å². The van der Waals surface area contributed by atoms with Gasteiger partial charge in [0.15, 0.2) is 0 Å². The van der Waals surface area contributed by atoms with Crippen LogP contribution in [0.2, 0.25) is 0 Å². The molecule has 1 N–H and O–H groups in total. The minimum atomic E-state index is -0.798. The average Bonchev–Trinajstić information content (AvgIpc) is 3.36. The van der Waals surface area contributed by atoms with Crippen molar-refractivity contribution in [1.82, 2.24) is 4.90 Å². The van der Waals surface area contributed by atoms with Gasteiger partial charge in [-0.1, -0.05) is 12.1 Å². The number of aliphatic carboxylic acids is 1. The van der Waals surface area contributed by atoms with Crippen LogP contribution in [0.1, 0.15) is 30.1 Å². The zero-order chi connectivity index (χ0) is 17.8. The molecule has 6 nitrogen and oxygen atoms in total. The van der Waals surface area contributed by atoms with Crippen LogP contribution >= 0.6 is 0 Å². The maximum Gasteiger partial charge on any atom is 0.308 e. The van der Waals surface area contributed by atoms with E-state index in [0.29, 0.717) is 43.6 Å². The summed E-state index contributed by atoms with van der Waals surface area (Å²) in [5.41, 5.74) is 0.486. The van der Waals surface area contributed by atoms with Crippen molar-refractivity contribution in [1.29, 1.82) is 0 Å². The highest BCUT2D eigenvalue weighted by Crippen LogP contribution is 2.44. The summed E-state index contributed by atoms with van der Waals surface area (Å²) in [7, 11) is 0. The van der Waals surface area contributed by atoms with Gasteiger partial charge in [-0.05, 0) is 43.7 Å². The highest BCUT2D eigenvalue weighted by atomic mass is 16.5. The smallest absolute Gasteiger partial charge is 0.308 e. The van der Waals surface area contributed by atoms with Gasteiger partial charge in [0.1, 0.15) is 12.4 Å². The summed E-state index contributed by atoms with van der Waals surface area (Å²) >= 11 is 0. The van der Waals surface area contributed by atoms with E-state index in [1.54, 1.807) is 23.1 Å². The Hall–Kier alpha value is -2.08. The van der Waals surface area contributed by atoms with Crippen molar-refractivity contribution in [2.24, 2.45) is 17.8 Å². The van der Waals surface area contributed by atoms with E-state index in [0.717, 1.165) is 12.8 Å². The van der Waals surface area contributed by atoms with Gasteiger partial charge in [-0.15, -0.1) is 0 Å². The van der Waals surface area contributed by atoms with Gasteiger partial charge in [0.05, 0.1) is 18.1 Å². The molecule has 1 amide bonds. The Balaban J connectivity index is 1.69. The van der Waals surface area contributed by atoms with E-state index < -0.39 is 11.9 Å². The van der Waals surface area contributed by atoms with E-state index in [1.807, 2.05) is 13.0 Å². The molecule has 3 rings (SSSR count). The van der Waals surface area contributed by atoms with Crippen LogP contribution in [-0.4, -0.2) is 54.8 Å². The highest BCUT2D eigenvalue weighted by Gasteiger charge is 2.47. The Morgan fingerprint density at radius 3 is 2.64 bits per heavy atom. The Morgan fingerprint density at radius 1 is 1.20 bits per heavy atom. The van der Waals surface area contributed by atoms with Gasteiger partial charge in [-0.3, -0.25) is 9.59 Å². The molecule has 0 radical (unpaired) electrons. The summed E-state index contributed by atoms with van der Waals surface area (Å²) < 4.78 is 10.9. The van der Waals surface area contributed by atoms with Crippen LogP contribution in [-0.2, 0) is 9.53 Å². The predicted molar refractivity (Wildman–Crippen MR) is 91.7 cm³/mol. The quantitative estimate of drug-likeness (QED) is 0.730. The number of hydrogen-bond donors (Lipinski definition) is 1. The predicted octanol–water partition coefficient (Wildman–Crippen LogP) is 2.28. The molecule has 1 aliphatic heterocycles. The van der Waals surface area contributed by atoms with E-state index in [1.165, 1.54) is 0 Å². The third kappa shape index (κ3) is 4.12. The Kier molecular flexibility index (Phi) is 5.58. The number of carboxylic acid groups (broad SMARTS) is 1. The van der Waals surface area contributed by atoms with Gasteiger partial charge in [0.2, 0.25) is 0 Å². The van der Waals surface area contributed by atoms with E-state index in [-0.39, 0.29) is 18.4 Å². The molecule has 0 unspecified atom stereocenters. The number of carboxylic acids is 1. The van der Waals surface area contributed by atoms with Crippen molar-refractivity contribution in [3.05, 3.63) is 29.8 Å². The fraction of sp³-hybridized carbons (Fsp3) is 0.579. The zero-order valence-electron chi connectivity index (χ0n) is 14.5. The SMILES string of the molecule is CCOCCOc1ccccc1C(=O)N1C[C@H](C(=O)O)[C@@H](C2CC2)C1. The molecule has 6 heteroatoms. The number of carbonyl (C=O) groups excluding carboxylic acids is 1. The molecule has 2 fully saturated rings. The van der Waals surface area contributed by atoms with Gasteiger partial charge >= 0.3 is 5.97 Å². The molecule has 136 valence electrons. The van der Waals surface area contributed by atoms with Crippen molar-refractivity contribution >= 4 is 11.9 Å². The van der Waals surface area contributed by atoms with Crippen molar-refractivity contribution in [3.63, 3.8) is 0 Å². The Bertz CT molecular complexity index is 628. The Labute approximate surface area is 147 Å². The van der Waals surface area contributed by atoms with Crippen molar-refractivity contribution in [3.8, 4) is 5.75 Å². The molecule has 1 saturated heterocycles. The fourth-order valence-corrected chi connectivity index (χ4v) is 3.55. The summed E-state index contributed by atoms with van der Waals surface area (Å²) in [6, 6.07) is 7.12. The molecular weight excluding hydrogens is 322 g/mol. The highest BCUT2D eigenvalue weighted by molar-refractivity contribution is 5.97. The standard InChI is InChI=1S/C19H25NO5/c1-2-24-9-10-25-17-6-4-3-5-14(17)18(21)20-11-15(13-7-8-13)16(12-20)19(22)23/h3-6,13,15-16H,2,7-12H2,1H3,(H,22,23)/t15-,16+/m1/s1. The molecule has 1 aromatic carbocycles. The monoisotopic (exact) mass is 347 g/mol. The summed E-state index contributed by atoms with van der Waals surface area (Å²) in [6.45, 7) is 4.18. The largest absolute Gasteiger partial charge is 0.490 e. The van der Waals surface area contributed by atoms with Gasteiger partial charge in [-0.2, -0.15) is 0 Å². The zero-order valence-corrected chi connectivity index (χ0v) is 14.5. The van der Waals surface area contributed by atoms with Gasteiger partial charge in [-0.25, -0.2) is 0 Å². The van der Waals surface area contributed by atoms with Crippen LogP contribution in [0.4, 0.5) is 0 Å². The molecule has 0 bridgehead atoms. The number of ether oxygens (including phenoxy) is 2. The first kappa shape index (κ1) is 17.7. The number of hydrogen-bond acceptors (Lipinski definition) is 4. The van der Waals surface area contributed by atoms with E-state index in [4.69, 9.17) is 9.47 Å². The first-order valence-corrected chi connectivity index (χ1v) is 8.93. The fourth-order valence-electron chi connectivity index (χ4n) is 3.55. The summed E-state index contributed by atoms with van der Waals surface area (Å²) in [5, 5.41) is 9.48. The molecule has 0 aromatic heterocycles. The third-order valence-corrected chi connectivity index (χ3v) is 5.00. The first-order valence-electron chi connectivity index (χ1n) is 8.93. The molecule has 1 heterocycles. The van der Waals surface area contributed by atoms with Crippen molar-refractivity contribution < 1.29 is 24.2 Å². The topological polar surface area (TPSA) is 76.1 Å². The second-order valence-corrected chi connectivity index (χ2v) is 6.70. The number of nitrogens with zero attached hydrogens (tertiary/aromatic N) is 1. The third-order valence-electron chi connectivity index (χ3n) is 5.00. The maximum absolute atomic E-state index is 12.9. The van der Waals surface area contributed by atoms with Crippen LogP contribution < -0.4 is 4.74 Å². The lowest BCUT2D eigenvalue weighted by Crippen LogP contribution is -2.30. The molecular formula is C19H25NO5. The first-order chi connectivity index (χ1) is 12.1. The summed E-state index contributed by atoms with van der Waals surface area (Å²) in [6.07, 6.45) is 2.15. The van der Waals surface area contributed by atoms with Crippen LogP contribution in [0, 0.1) is 17.8 Å². The molecule has 2 atom stereocenters. The van der Waals surface area contributed by atoms with E-state index >= 15 is 0 Å². The lowest BCUT2D eigenvalue weighted by molar-refractivity contribution is -0.142. The second kappa shape index (κ2) is 7.87. The maximum atomic E-state index is 12.9. The number of likely N-dealkylation sites (tertiary alicyclic amines) is 1. The van der Waals surface area contributed by atoms with Crippen LogP contribution in [0.3, 0.4) is 0 Å². The molecule has 1 saturated carbocycles. The number of para-hydroxylation sites is 1. The summed E-state index contributed by atoms with van der Waals surface area (Å²) in [5.74, 6) is -0.352. The lowest BCUT2D eigenvalue weighted by atomic mass is 9.92. The van der Waals surface area contributed by atoms with E-state index in [9.17, 15) is 14.7 Å². The molecule has 0 spiro atoms. The van der Waals surface area contributed by atoms with Gasteiger partial charge in [0.25, 0.3) is 5.91 Å². The number of carbonyl (C=O) groups is 2. The number of amides is 1. The van der Waals surface area contributed by atoms with Crippen molar-refractivity contribution in [2.45, 2.75) is 19.8 Å². The molecule has 2 aliphatic rings. The number of benzene rings is 1. The Morgan fingerprint density at radius 2 is 1.96 bits per heavy atom. The molecule has 25 heavy (non-hydrogen) atoms. The average molecular weight is 347 g/mol. The van der Waals surface area contributed by atoms with Crippen LogP contribution in [0.5, 0.6) is 5.75 Å². The van der Waals surface area contributed by atoms with Crippen LogP contribution in [0.15, 0.2) is 24.3 Å². The lowest BCUT2D eigenvalue weighted by Gasteiger charge is -2.18. The van der Waals surface area contributed by atoms with Gasteiger partial charge < -0.3 is 19.5 Å². The van der Waals surface area contributed by atoms with Crippen molar-refractivity contribution in [2.75, 3.05) is 32.9 Å². The molecule has 1 aromatic rings.